The molecule has 1 aromatic carbocycles. The van der Waals surface area contributed by atoms with Crippen LogP contribution in [0.2, 0.25) is 0 Å². The quantitative estimate of drug-likeness (QED) is 0.553. The molecule has 1 rings (SSSR count). The van der Waals surface area contributed by atoms with E-state index in [9.17, 15) is 21.6 Å². The van der Waals surface area contributed by atoms with Crippen LogP contribution in [0.15, 0.2) is 24.3 Å². The van der Waals surface area contributed by atoms with Gasteiger partial charge in [-0.25, -0.2) is 13.6 Å². The van der Waals surface area contributed by atoms with Crippen molar-refractivity contribution in [1.29, 1.82) is 0 Å². The molecule has 0 fully saturated rings. The molecule has 0 saturated carbocycles. The van der Waals surface area contributed by atoms with E-state index in [0.29, 0.717) is 11.5 Å². The summed E-state index contributed by atoms with van der Waals surface area (Å²) in [6, 6.07) is 7.40. The lowest BCUT2D eigenvalue weighted by Gasteiger charge is -2.16. The summed E-state index contributed by atoms with van der Waals surface area (Å²) >= 11 is 0. The third-order valence-corrected chi connectivity index (χ3v) is 6.92. The molecule has 4 N–H and O–H groups in total. The number of hydrogen-bond donors (Lipinski definition) is 3. The third kappa shape index (κ3) is 6.73. The number of nitrogens with one attached hydrogen (secondary N) is 1. The molecular formula is C15H24N2O6S2. The molecule has 2 atom stereocenters. The highest BCUT2D eigenvalue weighted by molar-refractivity contribution is 8.05. The van der Waals surface area contributed by atoms with Gasteiger partial charge in [0.1, 0.15) is 0 Å². The minimum absolute atomic E-state index is 0.502. The monoisotopic (exact) mass is 392 g/mol. The molecular weight excluding hydrogens is 368 g/mol. The van der Waals surface area contributed by atoms with Gasteiger partial charge in [0.15, 0.2) is 0 Å². The van der Waals surface area contributed by atoms with Crippen LogP contribution in [-0.4, -0.2) is 38.4 Å². The molecule has 0 aliphatic heterocycles. The number of benzene rings is 1. The van der Waals surface area contributed by atoms with Crippen LogP contribution in [0.1, 0.15) is 37.8 Å². The van der Waals surface area contributed by atoms with Gasteiger partial charge in [0, 0.05) is 0 Å². The minimum Gasteiger partial charge on any atom is -0.353 e. The van der Waals surface area contributed by atoms with Crippen LogP contribution >= 0.6 is 0 Å². The smallest absolute Gasteiger partial charge is 0.285 e. The van der Waals surface area contributed by atoms with Crippen LogP contribution in [0.3, 0.4) is 0 Å². The van der Waals surface area contributed by atoms with Crippen LogP contribution in [0, 0.1) is 5.92 Å². The summed E-state index contributed by atoms with van der Waals surface area (Å²) in [5, 5.41) is 6.98. The predicted molar refractivity (Wildman–Crippen MR) is 94.9 cm³/mol. The number of amides is 1. The van der Waals surface area contributed by atoms with Crippen LogP contribution in [0.25, 0.3) is 0 Å². The fourth-order valence-electron chi connectivity index (χ4n) is 2.29. The average Bonchev–Trinajstić information content (AvgIpc) is 2.43. The zero-order valence-corrected chi connectivity index (χ0v) is 16.0. The molecule has 0 radical (unpaired) electrons. The van der Waals surface area contributed by atoms with E-state index in [2.05, 4.69) is 19.2 Å². The summed E-state index contributed by atoms with van der Waals surface area (Å²) in [5.74, 6) is -0.702. The summed E-state index contributed by atoms with van der Waals surface area (Å²) in [5.41, 5.74) is 1.83. The summed E-state index contributed by atoms with van der Waals surface area (Å²) < 4.78 is 51.3. The third-order valence-electron chi connectivity index (χ3n) is 3.66. The van der Waals surface area contributed by atoms with E-state index in [4.69, 9.17) is 9.69 Å². The first-order valence-electron chi connectivity index (χ1n) is 7.66. The lowest BCUT2D eigenvalue weighted by Crippen LogP contribution is -2.45. The number of hydrogen-bond acceptors (Lipinski definition) is 5. The number of carbonyl (C=O) groups excluding carboxylic acids is 1. The number of rotatable bonds is 8. The van der Waals surface area contributed by atoms with Crippen molar-refractivity contribution in [2.24, 2.45) is 11.1 Å². The fraction of sp³-hybridized carbons (Fsp3) is 0.533. The maximum atomic E-state index is 12.1. The zero-order valence-electron chi connectivity index (χ0n) is 14.3. The molecule has 0 saturated heterocycles. The Kier molecular flexibility index (Phi) is 7.12. The van der Waals surface area contributed by atoms with E-state index in [0.717, 1.165) is 12.0 Å². The van der Waals surface area contributed by atoms with E-state index in [1.54, 1.807) is 19.1 Å². The van der Waals surface area contributed by atoms with Crippen LogP contribution in [0.4, 0.5) is 0 Å². The van der Waals surface area contributed by atoms with Gasteiger partial charge in [-0.05, 0) is 30.4 Å². The molecule has 1 amide bonds. The van der Waals surface area contributed by atoms with E-state index >= 15 is 0 Å². The largest absolute Gasteiger partial charge is 0.353 e. The zero-order chi connectivity index (χ0) is 19.4. The fourth-order valence-corrected chi connectivity index (χ4v) is 4.26. The van der Waals surface area contributed by atoms with Gasteiger partial charge < -0.3 is 5.32 Å². The molecule has 10 heteroatoms. The summed E-state index contributed by atoms with van der Waals surface area (Å²) in [4.78, 5) is 12.1. The first-order chi connectivity index (χ1) is 11.3. The second kappa shape index (κ2) is 8.26. The topological polar surface area (TPSA) is 144 Å². The van der Waals surface area contributed by atoms with E-state index in [1.165, 1.54) is 0 Å². The van der Waals surface area contributed by atoms with Gasteiger partial charge in [0.25, 0.3) is 10.1 Å². The molecule has 142 valence electrons. The molecule has 0 heterocycles. The van der Waals surface area contributed by atoms with Crippen LogP contribution < -0.4 is 10.5 Å². The summed E-state index contributed by atoms with van der Waals surface area (Å²) in [6.45, 7) is 4.97. The van der Waals surface area contributed by atoms with E-state index in [1.807, 2.05) is 12.1 Å². The van der Waals surface area contributed by atoms with Crippen molar-refractivity contribution in [3.63, 3.8) is 0 Å². The van der Waals surface area contributed by atoms with Crippen molar-refractivity contribution in [3.8, 4) is 0 Å². The molecule has 0 bridgehead atoms. The molecule has 1 aromatic rings. The van der Waals surface area contributed by atoms with Gasteiger partial charge in [-0.15, -0.1) is 0 Å². The minimum atomic E-state index is -4.95. The summed E-state index contributed by atoms with van der Waals surface area (Å²) in [7, 11) is -9.53. The average molecular weight is 392 g/mol. The van der Waals surface area contributed by atoms with Crippen molar-refractivity contribution in [2.75, 3.05) is 6.54 Å². The highest BCUT2D eigenvalue weighted by Gasteiger charge is 2.34. The van der Waals surface area contributed by atoms with E-state index < -0.39 is 43.1 Å². The van der Waals surface area contributed by atoms with Crippen molar-refractivity contribution in [2.45, 2.75) is 37.7 Å². The molecule has 25 heavy (non-hydrogen) atoms. The number of nitrogens with two attached hydrogens (primary N) is 1. The van der Waals surface area contributed by atoms with E-state index in [-0.39, 0.29) is 0 Å². The van der Waals surface area contributed by atoms with Gasteiger partial charge in [-0.1, -0.05) is 38.1 Å². The lowest BCUT2D eigenvalue weighted by molar-refractivity contribution is -0.122. The van der Waals surface area contributed by atoms with Crippen LogP contribution in [-0.2, 0) is 31.4 Å². The molecule has 0 spiro atoms. The van der Waals surface area contributed by atoms with Gasteiger partial charge in [-0.2, -0.15) is 8.42 Å². The Morgan fingerprint density at radius 1 is 1.12 bits per heavy atom. The van der Waals surface area contributed by atoms with Gasteiger partial charge in [0.05, 0.1) is 12.5 Å². The summed E-state index contributed by atoms with van der Waals surface area (Å²) in [6.07, 6.45) is 0.908. The van der Waals surface area contributed by atoms with Crippen molar-refractivity contribution in [1.82, 2.24) is 5.32 Å². The second-order valence-electron chi connectivity index (χ2n) is 6.34. The first-order valence-corrected chi connectivity index (χ1v) is 10.8. The van der Waals surface area contributed by atoms with Crippen molar-refractivity contribution < 1.29 is 26.2 Å². The Morgan fingerprint density at radius 2 is 1.64 bits per heavy atom. The normalized spacial score (nSPS) is 15.0. The molecule has 0 aromatic heterocycles. The van der Waals surface area contributed by atoms with Crippen molar-refractivity contribution in [3.05, 3.63) is 35.4 Å². The molecule has 1 unspecified atom stereocenters. The van der Waals surface area contributed by atoms with Gasteiger partial charge in [-0.3, -0.25) is 9.35 Å². The Morgan fingerprint density at radius 3 is 2.04 bits per heavy atom. The molecule has 8 nitrogen and oxygen atoms in total. The first kappa shape index (κ1) is 21.6. The Labute approximate surface area is 148 Å². The Hall–Kier alpha value is -1.49. The van der Waals surface area contributed by atoms with Gasteiger partial charge >= 0.3 is 0 Å². The Bertz CT molecular complexity index is 769. The van der Waals surface area contributed by atoms with Gasteiger partial charge in [0.2, 0.25) is 20.5 Å². The SMILES string of the molecule is CC(C)Cc1ccc([C@@H](C)C(=O)NCC(S(N)(=O)=O)S(=O)(=O)O)cc1. The highest BCUT2D eigenvalue weighted by Crippen LogP contribution is 2.18. The van der Waals surface area contributed by atoms with Crippen LogP contribution in [0.5, 0.6) is 0 Å². The lowest BCUT2D eigenvalue weighted by atomic mass is 9.96. The number of primary sulfonamides is 1. The maximum Gasteiger partial charge on any atom is 0.285 e. The number of sulfonamides is 1. The van der Waals surface area contributed by atoms with Crippen molar-refractivity contribution >= 4 is 26.0 Å². The predicted octanol–water partition coefficient (Wildman–Crippen LogP) is 0.607. The standard InChI is InChI=1S/C15H24N2O6S2/c1-10(2)8-12-4-6-13(7-5-12)11(3)15(18)17-9-14(24(16,19)20)25(21,22)23/h4-7,10-11,14H,8-9H2,1-3H3,(H,17,18)(H2,16,19,20)(H,21,22,23)/t11-,14?/m1/s1. The Balaban J connectivity index is 2.80. The second-order valence-corrected chi connectivity index (χ2v) is 9.98. The number of carbonyl (C=O) groups is 1. The molecule has 0 aliphatic rings. The maximum absolute atomic E-state index is 12.1. The highest BCUT2D eigenvalue weighted by atomic mass is 32.3. The molecule has 0 aliphatic carbocycles.